The second-order valence-electron chi connectivity index (χ2n) is 6.73. The van der Waals surface area contributed by atoms with E-state index in [4.69, 9.17) is 9.26 Å². The Balaban J connectivity index is 1.30. The van der Waals surface area contributed by atoms with Crippen molar-refractivity contribution in [2.45, 2.75) is 13.5 Å². The minimum Gasteiger partial charge on any atom is -0.454 e. The number of nitrogens with zero attached hydrogens (tertiary/aromatic N) is 2. The van der Waals surface area contributed by atoms with E-state index >= 15 is 0 Å². The van der Waals surface area contributed by atoms with Gasteiger partial charge in [0, 0.05) is 11.1 Å². The maximum absolute atomic E-state index is 12.3. The number of aromatic nitrogens is 2. The van der Waals surface area contributed by atoms with Gasteiger partial charge in [-0.05, 0) is 35.4 Å². The van der Waals surface area contributed by atoms with Crippen molar-refractivity contribution in [3.8, 4) is 11.4 Å². The molecule has 150 valence electrons. The monoisotopic (exact) mass is 401 g/mol. The van der Waals surface area contributed by atoms with Crippen molar-refractivity contribution < 1.29 is 18.8 Å². The third-order valence-electron chi connectivity index (χ3n) is 4.62. The molecule has 1 amide bonds. The Kier molecular flexibility index (Phi) is 5.52. The van der Waals surface area contributed by atoms with Gasteiger partial charge in [0.2, 0.25) is 5.82 Å². The Morgan fingerprint density at radius 3 is 2.60 bits per heavy atom. The van der Waals surface area contributed by atoms with E-state index < -0.39 is 5.97 Å². The summed E-state index contributed by atoms with van der Waals surface area (Å²) in [6.45, 7) is 1.53. The second-order valence-corrected chi connectivity index (χ2v) is 6.73. The zero-order valence-electron chi connectivity index (χ0n) is 16.3. The Bertz CT molecular complexity index is 1220. The molecule has 4 aromatic rings. The van der Waals surface area contributed by atoms with Crippen molar-refractivity contribution >= 4 is 22.6 Å². The summed E-state index contributed by atoms with van der Waals surface area (Å²) in [6, 6.07) is 20.7. The van der Waals surface area contributed by atoms with Crippen LogP contribution in [0.5, 0.6) is 0 Å². The Morgan fingerprint density at radius 1 is 1.00 bits per heavy atom. The van der Waals surface area contributed by atoms with Gasteiger partial charge < -0.3 is 14.6 Å². The summed E-state index contributed by atoms with van der Waals surface area (Å²) in [7, 11) is 0. The molecule has 0 radical (unpaired) electrons. The Labute approximate surface area is 172 Å². The Morgan fingerprint density at radius 2 is 1.77 bits per heavy atom. The summed E-state index contributed by atoms with van der Waals surface area (Å²) < 4.78 is 10.2. The molecule has 0 aliphatic heterocycles. The summed E-state index contributed by atoms with van der Waals surface area (Å²) in [5.74, 6) is -0.330. The van der Waals surface area contributed by atoms with Crippen molar-refractivity contribution in [1.29, 1.82) is 0 Å². The molecule has 1 heterocycles. The summed E-state index contributed by atoms with van der Waals surface area (Å²) in [5.41, 5.74) is 2.33. The zero-order valence-corrected chi connectivity index (χ0v) is 16.3. The maximum atomic E-state index is 12.3. The van der Waals surface area contributed by atoms with Crippen LogP contribution in [0.2, 0.25) is 0 Å². The number of amides is 1. The molecule has 0 saturated heterocycles. The lowest BCUT2D eigenvalue weighted by molar-refractivity contribution is -0.144. The van der Waals surface area contributed by atoms with Gasteiger partial charge in [0.25, 0.3) is 11.8 Å². The van der Waals surface area contributed by atoms with Gasteiger partial charge in [0.15, 0.2) is 6.61 Å². The highest BCUT2D eigenvalue weighted by Crippen LogP contribution is 2.20. The molecule has 0 atom stereocenters. The fourth-order valence-corrected chi connectivity index (χ4v) is 3.03. The molecular weight excluding hydrogens is 382 g/mol. The number of nitrogens with one attached hydrogen (secondary N) is 1. The molecule has 0 aliphatic rings. The van der Waals surface area contributed by atoms with Gasteiger partial charge >= 0.3 is 5.97 Å². The first kappa shape index (κ1) is 19.3. The van der Waals surface area contributed by atoms with E-state index in [1.165, 1.54) is 0 Å². The molecule has 7 heteroatoms. The van der Waals surface area contributed by atoms with Gasteiger partial charge in [-0.15, -0.1) is 0 Å². The maximum Gasteiger partial charge on any atom is 0.325 e. The van der Waals surface area contributed by atoms with Crippen LogP contribution in [-0.2, 0) is 16.1 Å². The first-order chi connectivity index (χ1) is 14.6. The van der Waals surface area contributed by atoms with E-state index in [9.17, 15) is 9.59 Å². The molecular formula is C23H19N3O4. The van der Waals surface area contributed by atoms with E-state index in [1.54, 1.807) is 12.1 Å². The molecule has 1 aromatic heterocycles. The third kappa shape index (κ3) is 4.35. The first-order valence-corrected chi connectivity index (χ1v) is 9.41. The van der Waals surface area contributed by atoms with Crippen LogP contribution in [0.15, 0.2) is 71.3 Å². The SMILES string of the molecule is Cc1ccccc1-c1noc(COC(=O)CNC(=O)c2ccc3ccccc3c2)n1. The quantitative estimate of drug-likeness (QED) is 0.496. The molecule has 0 aliphatic carbocycles. The van der Waals surface area contributed by atoms with Crippen molar-refractivity contribution in [2.24, 2.45) is 0 Å². The largest absolute Gasteiger partial charge is 0.454 e. The first-order valence-electron chi connectivity index (χ1n) is 9.41. The molecule has 1 N–H and O–H groups in total. The number of fused-ring (bicyclic) bond motifs is 1. The molecule has 30 heavy (non-hydrogen) atoms. The molecule has 0 spiro atoms. The van der Waals surface area contributed by atoms with Crippen LogP contribution < -0.4 is 5.32 Å². The van der Waals surface area contributed by atoms with Crippen LogP contribution in [0.25, 0.3) is 22.2 Å². The number of carbonyl (C=O) groups excluding carboxylic acids is 2. The molecule has 7 nitrogen and oxygen atoms in total. The number of ether oxygens (including phenoxy) is 1. The summed E-state index contributed by atoms with van der Waals surface area (Å²) in [4.78, 5) is 28.5. The van der Waals surface area contributed by atoms with Crippen molar-refractivity contribution in [2.75, 3.05) is 6.54 Å². The van der Waals surface area contributed by atoms with Crippen LogP contribution in [0.3, 0.4) is 0 Å². The number of esters is 1. The summed E-state index contributed by atoms with van der Waals surface area (Å²) >= 11 is 0. The highest BCUT2D eigenvalue weighted by atomic mass is 16.6. The van der Waals surface area contributed by atoms with Gasteiger partial charge in [-0.2, -0.15) is 4.98 Å². The number of benzene rings is 3. The molecule has 3 aromatic carbocycles. The minimum atomic E-state index is -0.597. The number of hydrogen-bond acceptors (Lipinski definition) is 6. The van der Waals surface area contributed by atoms with E-state index in [0.29, 0.717) is 11.4 Å². The van der Waals surface area contributed by atoms with E-state index in [0.717, 1.165) is 21.9 Å². The van der Waals surface area contributed by atoms with Crippen LogP contribution in [-0.4, -0.2) is 28.6 Å². The fourth-order valence-electron chi connectivity index (χ4n) is 3.03. The van der Waals surface area contributed by atoms with E-state index in [-0.39, 0.29) is 24.9 Å². The Hall–Kier alpha value is -4.00. The topological polar surface area (TPSA) is 94.3 Å². The predicted octanol–water partition coefficient (Wildman–Crippen LogP) is 3.67. The normalized spacial score (nSPS) is 10.7. The second kappa shape index (κ2) is 8.57. The minimum absolute atomic E-state index is 0.163. The zero-order chi connectivity index (χ0) is 20.9. The van der Waals surface area contributed by atoms with Crippen molar-refractivity contribution in [1.82, 2.24) is 15.5 Å². The molecule has 0 bridgehead atoms. The average molecular weight is 401 g/mol. The predicted molar refractivity (Wildman–Crippen MR) is 111 cm³/mol. The molecule has 4 rings (SSSR count). The number of carbonyl (C=O) groups is 2. The van der Waals surface area contributed by atoms with Crippen LogP contribution >= 0.6 is 0 Å². The summed E-state index contributed by atoms with van der Waals surface area (Å²) in [5, 5.41) is 8.47. The number of aryl methyl sites for hydroxylation is 1. The van der Waals surface area contributed by atoms with Crippen LogP contribution in [0, 0.1) is 6.92 Å². The van der Waals surface area contributed by atoms with Crippen molar-refractivity contribution in [3.63, 3.8) is 0 Å². The van der Waals surface area contributed by atoms with Crippen LogP contribution in [0.4, 0.5) is 0 Å². The lowest BCUT2D eigenvalue weighted by Gasteiger charge is -2.06. The van der Waals surface area contributed by atoms with Gasteiger partial charge in [-0.1, -0.05) is 59.8 Å². The van der Waals surface area contributed by atoms with Gasteiger partial charge in [-0.25, -0.2) is 0 Å². The fraction of sp³-hybridized carbons (Fsp3) is 0.130. The van der Waals surface area contributed by atoms with Crippen LogP contribution in [0.1, 0.15) is 21.8 Å². The third-order valence-corrected chi connectivity index (χ3v) is 4.62. The lowest BCUT2D eigenvalue weighted by Crippen LogP contribution is -2.30. The molecule has 0 fully saturated rings. The number of rotatable bonds is 6. The van der Waals surface area contributed by atoms with E-state index in [1.807, 2.05) is 61.5 Å². The molecule has 0 saturated carbocycles. The van der Waals surface area contributed by atoms with Gasteiger partial charge in [0.05, 0.1) is 0 Å². The van der Waals surface area contributed by atoms with Gasteiger partial charge in [-0.3, -0.25) is 9.59 Å². The lowest BCUT2D eigenvalue weighted by atomic mass is 10.1. The average Bonchev–Trinajstić information content (AvgIpc) is 3.25. The van der Waals surface area contributed by atoms with Crippen molar-refractivity contribution in [3.05, 3.63) is 83.7 Å². The summed E-state index contributed by atoms with van der Waals surface area (Å²) in [6.07, 6.45) is 0. The van der Waals surface area contributed by atoms with E-state index in [2.05, 4.69) is 15.5 Å². The highest BCUT2D eigenvalue weighted by molar-refractivity contribution is 5.99. The number of hydrogen-bond donors (Lipinski definition) is 1. The molecule has 0 unspecified atom stereocenters. The highest BCUT2D eigenvalue weighted by Gasteiger charge is 2.14. The van der Waals surface area contributed by atoms with Gasteiger partial charge in [0.1, 0.15) is 6.54 Å². The standard InChI is InChI=1S/C23H19N3O4/c1-15-6-2-5-9-19(15)22-25-20(30-26-22)14-29-21(27)13-24-23(28)18-11-10-16-7-3-4-8-17(16)12-18/h2-12H,13-14H2,1H3,(H,24,28). The smallest absolute Gasteiger partial charge is 0.325 e.